The first-order chi connectivity index (χ1) is 11.3. The van der Waals surface area contributed by atoms with Crippen molar-refractivity contribution in [2.24, 2.45) is 10.7 Å². The summed E-state index contributed by atoms with van der Waals surface area (Å²) in [6.07, 6.45) is 4.63. The fraction of sp³-hybridized carbons (Fsp3) is 0.467. The van der Waals surface area contributed by atoms with Crippen molar-refractivity contribution in [3.05, 3.63) is 30.2 Å². The lowest BCUT2D eigenvalue weighted by Gasteiger charge is -2.07. The SMILES string of the molecule is I.NC(=NCC1CCCO1)NCCc1noc(-c2ccccn2)n1. The second-order valence-corrected chi connectivity index (χ2v) is 5.27. The van der Waals surface area contributed by atoms with Crippen LogP contribution in [-0.4, -0.2) is 46.9 Å². The van der Waals surface area contributed by atoms with E-state index in [9.17, 15) is 0 Å². The van der Waals surface area contributed by atoms with E-state index < -0.39 is 0 Å². The number of nitrogens with zero attached hydrogens (tertiary/aromatic N) is 4. The third kappa shape index (κ3) is 5.41. The van der Waals surface area contributed by atoms with Crippen LogP contribution in [0.2, 0.25) is 0 Å². The van der Waals surface area contributed by atoms with Gasteiger partial charge in [0.2, 0.25) is 0 Å². The minimum atomic E-state index is 0. The highest BCUT2D eigenvalue weighted by molar-refractivity contribution is 14.0. The number of halogens is 1. The number of aromatic nitrogens is 3. The molecule has 3 rings (SSSR count). The number of hydrogen-bond acceptors (Lipinski definition) is 6. The van der Waals surface area contributed by atoms with E-state index >= 15 is 0 Å². The fourth-order valence-corrected chi connectivity index (χ4v) is 2.30. The van der Waals surface area contributed by atoms with Crippen LogP contribution in [0.1, 0.15) is 18.7 Å². The summed E-state index contributed by atoms with van der Waals surface area (Å²) in [5.74, 6) is 1.43. The standard InChI is InChI=1S/C15H20N6O2.HI/c16-15(19-10-11-4-3-9-22-11)18-8-6-13-20-14(23-21-13)12-5-1-2-7-17-12;/h1-2,5,7,11H,3-4,6,8-10H2,(H3,16,18,19);1H. The average molecular weight is 444 g/mol. The van der Waals surface area contributed by atoms with Crippen LogP contribution in [0.3, 0.4) is 0 Å². The van der Waals surface area contributed by atoms with Gasteiger partial charge in [0.05, 0.1) is 12.6 Å². The van der Waals surface area contributed by atoms with Gasteiger partial charge in [0.15, 0.2) is 11.8 Å². The molecular weight excluding hydrogens is 423 g/mol. The van der Waals surface area contributed by atoms with Gasteiger partial charge in [0.1, 0.15) is 5.69 Å². The third-order valence-electron chi connectivity index (χ3n) is 3.50. The Balaban J connectivity index is 0.00000208. The van der Waals surface area contributed by atoms with Gasteiger partial charge >= 0.3 is 0 Å². The van der Waals surface area contributed by atoms with Crippen LogP contribution in [-0.2, 0) is 11.2 Å². The quantitative estimate of drug-likeness (QED) is 0.393. The summed E-state index contributed by atoms with van der Waals surface area (Å²) in [6, 6.07) is 5.54. The number of pyridine rings is 1. The van der Waals surface area contributed by atoms with E-state index in [1.54, 1.807) is 6.20 Å². The number of guanidine groups is 1. The molecule has 0 bridgehead atoms. The normalized spacial score (nSPS) is 17.5. The Bertz CT molecular complexity index is 642. The molecule has 2 aromatic heterocycles. The van der Waals surface area contributed by atoms with Crippen molar-refractivity contribution in [3.63, 3.8) is 0 Å². The molecule has 3 N–H and O–H groups in total. The molecule has 1 aliphatic rings. The van der Waals surface area contributed by atoms with E-state index in [2.05, 4.69) is 25.4 Å². The Morgan fingerprint density at radius 1 is 1.42 bits per heavy atom. The minimum Gasteiger partial charge on any atom is -0.376 e. The molecular formula is C15H21IN6O2. The van der Waals surface area contributed by atoms with Crippen LogP contribution >= 0.6 is 24.0 Å². The summed E-state index contributed by atoms with van der Waals surface area (Å²) in [7, 11) is 0. The fourth-order valence-electron chi connectivity index (χ4n) is 2.30. The lowest BCUT2D eigenvalue weighted by Crippen LogP contribution is -2.34. The van der Waals surface area contributed by atoms with Gasteiger partial charge in [-0.05, 0) is 25.0 Å². The molecule has 0 spiro atoms. The smallest absolute Gasteiger partial charge is 0.276 e. The number of aliphatic imine (C=N–C) groups is 1. The van der Waals surface area contributed by atoms with Crippen LogP contribution in [0.5, 0.6) is 0 Å². The number of hydrogen-bond donors (Lipinski definition) is 2. The van der Waals surface area contributed by atoms with Crippen molar-refractivity contribution in [2.45, 2.75) is 25.4 Å². The van der Waals surface area contributed by atoms with E-state index in [1.807, 2.05) is 18.2 Å². The van der Waals surface area contributed by atoms with Crippen LogP contribution in [0.25, 0.3) is 11.6 Å². The molecule has 0 aliphatic carbocycles. The molecule has 0 saturated carbocycles. The van der Waals surface area contributed by atoms with Crippen molar-refractivity contribution in [1.29, 1.82) is 0 Å². The summed E-state index contributed by atoms with van der Waals surface area (Å²) in [5, 5.41) is 6.97. The predicted molar refractivity (Wildman–Crippen MR) is 100 cm³/mol. The van der Waals surface area contributed by atoms with Gasteiger partial charge in [-0.2, -0.15) is 4.98 Å². The molecule has 9 heteroatoms. The second kappa shape index (κ2) is 9.52. The van der Waals surface area contributed by atoms with Crippen molar-refractivity contribution < 1.29 is 9.26 Å². The summed E-state index contributed by atoms with van der Waals surface area (Å²) in [5.41, 5.74) is 6.49. The van der Waals surface area contributed by atoms with E-state index in [0.29, 0.717) is 42.9 Å². The van der Waals surface area contributed by atoms with Gasteiger partial charge < -0.3 is 20.3 Å². The minimum absolute atomic E-state index is 0. The number of nitrogens with two attached hydrogens (primary N) is 1. The molecule has 8 nitrogen and oxygen atoms in total. The molecule has 1 saturated heterocycles. The summed E-state index contributed by atoms with van der Waals surface area (Å²) in [6.45, 7) is 2.01. The molecule has 3 heterocycles. The van der Waals surface area contributed by atoms with Crippen LogP contribution in [0.15, 0.2) is 33.9 Å². The summed E-state index contributed by atoms with van der Waals surface area (Å²) < 4.78 is 10.7. The highest BCUT2D eigenvalue weighted by Crippen LogP contribution is 2.13. The van der Waals surface area contributed by atoms with Crippen LogP contribution < -0.4 is 11.1 Å². The first kappa shape index (κ1) is 18.6. The molecule has 1 fully saturated rings. The molecule has 24 heavy (non-hydrogen) atoms. The maximum Gasteiger partial charge on any atom is 0.276 e. The van der Waals surface area contributed by atoms with E-state index in [-0.39, 0.29) is 30.1 Å². The largest absolute Gasteiger partial charge is 0.376 e. The van der Waals surface area contributed by atoms with E-state index in [4.69, 9.17) is 15.0 Å². The monoisotopic (exact) mass is 444 g/mol. The Morgan fingerprint density at radius 3 is 3.08 bits per heavy atom. The zero-order chi connectivity index (χ0) is 15.9. The van der Waals surface area contributed by atoms with Crippen LogP contribution in [0.4, 0.5) is 0 Å². The molecule has 0 aromatic carbocycles. The summed E-state index contributed by atoms with van der Waals surface area (Å²) >= 11 is 0. The van der Waals surface area contributed by atoms with Crippen LogP contribution in [0, 0.1) is 0 Å². The first-order valence-corrected chi connectivity index (χ1v) is 7.70. The van der Waals surface area contributed by atoms with E-state index in [1.165, 1.54) is 0 Å². The molecule has 1 unspecified atom stereocenters. The number of nitrogens with one attached hydrogen (secondary N) is 1. The first-order valence-electron chi connectivity index (χ1n) is 7.70. The lowest BCUT2D eigenvalue weighted by molar-refractivity contribution is 0.118. The molecule has 1 aliphatic heterocycles. The van der Waals surface area contributed by atoms with Gasteiger partial charge in [-0.15, -0.1) is 24.0 Å². The molecule has 0 amide bonds. The maximum atomic E-state index is 5.82. The zero-order valence-electron chi connectivity index (χ0n) is 13.2. The molecule has 2 aromatic rings. The maximum absolute atomic E-state index is 5.82. The van der Waals surface area contributed by atoms with Crippen molar-refractivity contribution >= 4 is 29.9 Å². The van der Waals surface area contributed by atoms with Gasteiger partial charge in [-0.3, -0.25) is 9.98 Å². The number of rotatable bonds is 6. The van der Waals surface area contributed by atoms with E-state index in [0.717, 1.165) is 19.4 Å². The highest BCUT2D eigenvalue weighted by atomic mass is 127. The Hall–Kier alpha value is -1.75. The Labute approximate surface area is 157 Å². The zero-order valence-corrected chi connectivity index (χ0v) is 15.6. The summed E-state index contributed by atoms with van der Waals surface area (Å²) in [4.78, 5) is 12.7. The lowest BCUT2D eigenvalue weighted by atomic mass is 10.2. The van der Waals surface area contributed by atoms with Crippen molar-refractivity contribution in [3.8, 4) is 11.6 Å². The predicted octanol–water partition coefficient (Wildman–Crippen LogP) is 1.38. The number of ether oxygens (including phenoxy) is 1. The van der Waals surface area contributed by atoms with Crippen molar-refractivity contribution in [2.75, 3.05) is 19.7 Å². The van der Waals surface area contributed by atoms with Gasteiger partial charge in [-0.1, -0.05) is 11.2 Å². The molecule has 130 valence electrons. The van der Waals surface area contributed by atoms with Gasteiger partial charge in [-0.25, -0.2) is 0 Å². The Morgan fingerprint density at radius 2 is 2.33 bits per heavy atom. The average Bonchev–Trinajstić information content (AvgIpc) is 3.26. The Kier molecular flexibility index (Phi) is 7.37. The second-order valence-electron chi connectivity index (χ2n) is 5.27. The molecule has 0 radical (unpaired) electrons. The van der Waals surface area contributed by atoms with Gasteiger partial charge in [0, 0.05) is 25.8 Å². The topological polar surface area (TPSA) is 111 Å². The van der Waals surface area contributed by atoms with Crippen molar-refractivity contribution in [1.82, 2.24) is 20.4 Å². The van der Waals surface area contributed by atoms with Gasteiger partial charge in [0.25, 0.3) is 5.89 Å². The third-order valence-corrected chi connectivity index (χ3v) is 3.50. The molecule has 1 atom stereocenters. The highest BCUT2D eigenvalue weighted by Gasteiger charge is 2.14.